The van der Waals surface area contributed by atoms with Gasteiger partial charge in [0.15, 0.2) is 0 Å². The molecule has 0 aliphatic carbocycles. The van der Waals surface area contributed by atoms with E-state index in [0.717, 1.165) is 0 Å². The van der Waals surface area contributed by atoms with Crippen LogP contribution >= 0.6 is 0 Å². The molecule has 8 heteroatoms. The molecule has 146 valence electrons. The standard InChI is InChI=1S/C20H22N4O4/c25-17(21-23-19(27)15-9-3-1-4-10-15)13-7-8-14-18(26)22-24-20(28)16-11-5-2-6-12-16/h1-6,9-12H,7-8,13-14H2,(H,21,25)(H,22,26)(H,23,27)(H,24,28). The number of hydrogen-bond donors (Lipinski definition) is 4. The van der Waals surface area contributed by atoms with Crippen LogP contribution in [-0.2, 0) is 9.59 Å². The van der Waals surface area contributed by atoms with Crippen molar-refractivity contribution in [2.24, 2.45) is 0 Å². The van der Waals surface area contributed by atoms with Crippen LogP contribution in [0.3, 0.4) is 0 Å². The summed E-state index contributed by atoms with van der Waals surface area (Å²) in [4.78, 5) is 47.0. The smallest absolute Gasteiger partial charge is 0.269 e. The van der Waals surface area contributed by atoms with E-state index in [0.29, 0.717) is 24.0 Å². The average molecular weight is 382 g/mol. The van der Waals surface area contributed by atoms with Gasteiger partial charge in [-0.15, -0.1) is 0 Å². The normalized spacial score (nSPS) is 9.86. The fourth-order valence-electron chi connectivity index (χ4n) is 2.27. The third-order valence-corrected chi connectivity index (χ3v) is 3.76. The highest BCUT2D eigenvalue weighted by Gasteiger charge is 2.08. The lowest BCUT2D eigenvalue weighted by atomic mass is 10.2. The molecule has 0 aliphatic heterocycles. The SMILES string of the molecule is O=C(CCCCC(=O)NNC(=O)c1ccccc1)NNC(=O)c1ccccc1. The van der Waals surface area contributed by atoms with E-state index in [2.05, 4.69) is 21.7 Å². The van der Waals surface area contributed by atoms with Crippen LogP contribution in [0.25, 0.3) is 0 Å². The molecule has 0 atom stereocenters. The molecule has 8 nitrogen and oxygen atoms in total. The fourth-order valence-corrected chi connectivity index (χ4v) is 2.27. The minimum absolute atomic E-state index is 0.165. The Kier molecular flexibility index (Phi) is 8.19. The van der Waals surface area contributed by atoms with Gasteiger partial charge in [0.2, 0.25) is 11.8 Å². The summed E-state index contributed by atoms with van der Waals surface area (Å²) in [7, 11) is 0. The number of rotatable bonds is 7. The van der Waals surface area contributed by atoms with Gasteiger partial charge in [0, 0.05) is 24.0 Å². The van der Waals surface area contributed by atoms with Crippen molar-refractivity contribution in [3.05, 3.63) is 71.8 Å². The van der Waals surface area contributed by atoms with Crippen molar-refractivity contribution >= 4 is 23.6 Å². The van der Waals surface area contributed by atoms with Crippen molar-refractivity contribution in [2.45, 2.75) is 25.7 Å². The van der Waals surface area contributed by atoms with E-state index >= 15 is 0 Å². The molecule has 2 aromatic rings. The molecule has 0 radical (unpaired) electrons. The highest BCUT2D eigenvalue weighted by molar-refractivity contribution is 5.95. The first kappa shape index (κ1) is 20.6. The van der Waals surface area contributed by atoms with Crippen LogP contribution in [0, 0.1) is 0 Å². The molecule has 0 aliphatic rings. The van der Waals surface area contributed by atoms with E-state index in [1.165, 1.54) is 0 Å². The molecule has 0 spiro atoms. The fraction of sp³-hybridized carbons (Fsp3) is 0.200. The Morgan fingerprint density at radius 3 is 1.25 bits per heavy atom. The first-order chi connectivity index (χ1) is 13.6. The lowest BCUT2D eigenvalue weighted by Crippen LogP contribution is -2.42. The zero-order valence-electron chi connectivity index (χ0n) is 15.2. The van der Waals surface area contributed by atoms with E-state index in [9.17, 15) is 19.2 Å². The van der Waals surface area contributed by atoms with Crippen molar-refractivity contribution in [1.29, 1.82) is 0 Å². The maximum Gasteiger partial charge on any atom is 0.269 e. The Morgan fingerprint density at radius 2 is 0.893 bits per heavy atom. The van der Waals surface area contributed by atoms with Gasteiger partial charge in [-0.3, -0.25) is 40.9 Å². The first-order valence-electron chi connectivity index (χ1n) is 8.84. The summed E-state index contributed by atoms with van der Waals surface area (Å²) < 4.78 is 0. The Bertz CT molecular complexity index is 740. The molecule has 0 aromatic heterocycles. The van der Waals surface area contributed by atoms with Gasteiger partial charge in [0.05, 0.1) is 0 Å². The van der Waals surface area contributed by atoms with Crippen molar-refractivity contribution in [1.82, 2.24) is 21.7 Å². The number of hydrogen-bond acceptors (Lipinski definition) is 4. The molecule has 0 saturated carbocycles. The van der Waals surface area contributed by atoms with Crippen LogP contribution in [0.4, 0.5) is 0 Å². The number of benzene rings is 2. The molecule has 4 N–H and O–H groups in total. The van der Waals surface area contributed by atoms with E-state index in [1.54, 1.807) is 60.7 Å². The predicted octanol–water partition coefficient (Wildman–Crippen LogP) is 1.47. The van der Waals surface area contributed by atoms with Gasteiger partial charge in [-0.1, -0.05) is 36.4 Å². The van der Waals surface area contributed by atoms with Gasteiger partial charge < -0.3 is 0 Å². The highest BCUT2D eigenvalue weighted by Crippen LogP contribution is 2.01. The van der Waals surface area contributed by atoms with Crippen LogP contribution in [0.5, 0.6) is 0 Å². The number of carbonyl (C=O) groups excluding carboxylic acids is 4. The minimum atomic E-state index is -0.400. The second kappa shape index (κ2) is 11.1. The van der Waals surface area contributed by atoms with Gasteiger partial charge in [0.25, 0.3) is 11.8 Å². The molecule has 0 heterocycles. The van der Waals surface area contributed by atoms with Crippen molar-refractivity contribution in [2.75, 3.05) is 0 Å². The lowest BCUT2D eigenvalue weighted by Gasteiger charge is -2.08. The molecular formula is C20H22N4O4. The van der Waals surface area contributed by atoms with Crippen molar-refractivity contribution in [3.63, 3.8) is 0 Å². The van der Waals surface area contributed by atoms with Gasteiger partial charge in [-0.05, 0) is 37.1 Å². The number of unbranched alkanes of at least 4 members (excludes halogenated alkanes) is 1. The summed E-state index contributed by atoms with van der Waals surface area (Å²) >= 11 is 0. The molecule has 0 unspecified atom stereocenters. The largest absolute Gasteiger partial charge is 0.273 e. The maximum absolute atomic E-state index is 11.8. The van der Waals surface area contributed by atoms with E-state index < -0.39 is 11.8 Å². The van der Waals surface area contributed by atoms with Crippen LogP contribution in [0.1, 0.15) is 46.4 Å². The highest BCUT2D eigenvalue weighted by atomic mass is 16.2. The minimum Gasteiger partial charge on any atom is -0.273 e. The van der Waals surface area contributed by atoms with Crippen LogP contribution in [0.15, 0.2) is 60.7 Å². The summed E-state index contributed by atoms with van der Waals surface area (Å²) in [6, 6.07) is 17.0. The third-order valence-electron chi connectivity index (χ3n) is 3.76. The number of amides is 4. The number of nitrogens with one attached hydrogen (secondary N) is 4. The molecule has 2 aromatic carbocycles. The summed E-state index contributed by atoms with van der Waals surface area (Å²) in [5, 5.41) is 0. The molecule has 0 bridgehead atoms. The summed E-state index contributed by atoms with van der Waals surface area (Å²) in [6.07, 6.45) is 1.26. The third kappa shape index (κ3) is 7.28. The first-order valence-corrected chi connectivity index (χ1v) is 8.84. The molecule has 0 fully saturated rings. The van der Waals surface area contributed by atoms with Crippen molar-refractivity contribution < 1.29 is 19.2 Å². The molecule has 0 saturated heterocycles. The molecule has 28 heavy (non-hydrogen) atoms. The molecular weight excluding hydrogens is 360 g/mol. The van der Waals surface area contributed by atoms with Crippen LogP contribution in [-0.4, -0.2) is 23.6 Å². The summed E-state index contributed by atoms with van der Waals surface area (Å²) in [5.41, 5.74) is 10.2. The van der Waals surface area contributed by atoms with Crippen LogP contribution < -0.4 is 21.7 Å². The lowest BCUT2D eigenvalue weighted by molar-refractivity contribution is -0.123. The van der Waals surface area contributed by atoms with Gasteiger partial charge in [-0.25, -0.2) is 0 Å². The van der Waals surface area contributed by atoms with Crippen LogP contribution in [0.2, 0.25) is 0 Å². The second-order valence-corrected chi connectivity index (χ2v) is 5.94. The Balaban J connectivity index is 1.55. The monoisotopic (exact) mass is 382 g/mol. The maximum atomic E-state index is 11.8. The van der Waals surface area contributed by atoms with E-state index in [1.807, 2.05) is 0 Å². The van der Waals surface area contributed by atoms with Crippen molar-refractivity contribution in [3.8, 4) is 0 Å². The molecule has 4 amide bonds. The summed E-state index contributed by atoms with van der Waals surface area (Å²) in [6.45, 7) is 0. The van der Waals surface area contributed by atoms with E-state index in [-0.39, 0.29) is 24.7 Å². The Labute approximate surface area is 162 Å². The summed E-state index contributed by atoms with van der Waals surface area (Å²) in [5.74, 6) is -1.49. The van der Waals surface area contributed by atoms with Gasteiger partial charge in [-0.2, -0.15) is 0 Å². The zero-order valence-corrected chi connectivity index (χ0v) is 15.2. The topological polar surface area (TPSA) is 116 Å². The Morgan fingerprint density at radius 1 is 0.536 bits per heavy atom. The van der Waals surface area contributed by atoms with Gasteiger partial charge >= 0.3 is 0 Å². The predicted molar refractivity (Wildman–Crippen MR) is 103 cm³/mol. The second-order valence-electron chi connectivity index (χ2n) is 5.94. The van der Waals surface area contributed by atoms with E-state index in [4.69, 9.17) is 0 Å². The Hall–Kier alpha value is -3.68. The number of carbonyl (C=O) groups is 4. The number of hydrazine groups is 2. The average Bonchev–Trinajstić information content (AvgIpc) is 2.74. The quantitative estimate of drug-likeness (QED) is 0.429. The zero-order chi connectivity index (χ0) is 20.2. The molecule has 2 rings (SSSR count). The van der Waals surface area contributed by atoms with Gasteiger partial charge in [0.1, 0.15) is 0 Å².